The maximum absolute atomic E-state index is 11.4. The van der Waals surface area contributed by atoms with Gasteiger partial charge in [0, 0.05) is 27.7 Å². The van der Waals surface area contributed by atoms with Crippen molar-refractivity contribution in [2.24, 2.45) is 5.73 Å². The van der Waals surface area contributed by atoms with Crippen LogP contribution in [0.25, 0.3) is 0 Å². The average Bonchev–Trinajstić information content (AvgIpc) is 2.22. The smallest absolute Gasteiger partial charge is 0.241 e. The summed E-state index contributed by atoms with van der Waals surface area (Å²) in [6, 6.07) is 0. The molecule has 0 saturated carbocycles. The van der Waals surface area contributed by atoms with Gasteiger partial charge < -0.3 is 20.3 Å². The molecule has 0 bridgehead atoms. The third kappa shape index (κ3) is 5.34. The van der Waals surface area contributed by atoms with Crippen LogP contribution in [0, 0.1) is 0 Å². The highest BCUT2D eigenvalue weighted by Crippen LogP contribution is 1.92. The number of nitrogens with zero attached hydrogens (tertiary/aromatic N) is 2. The first-order valence-electron chi connectivity index (χ1n) is 4.69. The number of likely N-dealkylation sites (N-methyl/N-ethyl adjacent to an activating group) is 1. The number of methoxy groups -OCH3 is 1. The quantitative estimate of drug-likeness (QED) is 0.588. The number of amides is 2. The second-order valence-corrected chi connectivity index (χ2v) is 3.30. The summed E-state index contributed by atoms with van der Waals surface area (Å²) in [5.41, 5.74) is 5.24. The van der Waals surface area contributed by atoms with Crippen LogP contribution in [0.3, 0.4) is 0 Å². The molecule has 2 N–H and O–H groups in total. The average molecular weight is 217 g/mol. The fourth-order valence-electron chi connectivity index (χ4n) is 0.927. The Balaban J connectivity index is 4.23. The van der Waals surface area contributed by atoms with Gasteiger partial charge in [0.05, 0.1) is 19.7 Å². The first kappa shape index (κ1) is 13.9. The van der Waals surface area contributed by atoms with Crippen LogP contribution in [0.2, 0.25) is 0 Å². The van der Waals surface area contributed by atoms with Gasteiger partial charge in [-0.25, -0.2) is 0 Å². The number of hydrogen-bond donors (Lipinski definition) is 1. The minimum absolute atomic E-state index is 0.0480. The first-order chi connectivity index (χ1) is 7.02. The summed E-state index contributed by atoms with van der Waals surface area (Å²) in [6.07, 6.45) is 0. The lowest BCUT2D eigenvalue weighted by molar-refractivity contribution is -0.138. The molecular weight excluding hydrogens is 198 g/mol. The van der Waals surface area contributed by atoms with Crippen molar-refractivity contribution in [3.63, 3.8) is 0 Å². The lowest BCUT2D eigenvalue weighted by Gasteiger charge is -2.22. The topological polar surface area (TPSA) is 75.9 Å². The zero-order chi connectivity index (χ0) is 11.8. The van der Waals surface area contributed by atoms with Gasteiger partial charge in [-0.05, 0) is 0 Å². The van der Waals surface area contributed by atoms with E-state index in [2.05, 4.69) is 0 Å². The number of carbonyl (C=O) groups is 2. The molecule has 0 radical (unpaired) electrons. The summed E-state index contributed by atoms with van der Waals surface area (Å²) in [5, 5.41) is 0. The lowest BCUT2D eigenvalue weighted by Crippen LogP contribution is -2.44. The Morgan fingerprint density at radius 2 is 1.87 bits per heavy atom. The van der Waals surface area contributed by atoms with E-state index in [-0.39, 0.29) is 24.9 Å². The highest BCUT2D eigenvalue weighted by Gasteiger charge is 2.16. The highest BCUT2D eigenvalue weighted by atomic mass is 16.5. The van der Waals surface area contributed by atoms with E-state index in [1.807, 2.05) is 0 Å². The predicted octanol–water partition coefficient (Wildman–Crippen LogP) is -1.49. The maximum Gasteiger partial charge on any atom is 0.241 e. The van der Waals surface area contributed by atoms with Crippen LogP contribution in [0.5, 0.6) is 0 Å². The Kier molecular flexibility index (Phi) is 6.64. The number of nitrogens with two attached hydrogens (primary N) is 1. The number of carbonyl (C=O) groups excluding carboxylic acids is 2. The third-order valence-corrected chi connectivity index (χ3v) is 1.92. The number of ether oxygens (including phenoxy) is 1. The molecular formula is C9H19N3O3. The van der Waals surface area contributed by atoms with Crippen molar-refractivity contribution >= 4 is 11.8 Å². The standard InChI is InChI=1S/C9H19N3O3/c1-11(2)9(14)7-12(4-5-15-3)8(13)6-10/h4-7,10H2,1-3H3. The second-order valence-electron chi connectivity index (χ2n) is 3.30. The predicted molar refractivity (Wildman–Crippen MR) is 56.2 cm³/mol. The minimum atomic E-state index is -0.248. The monoisotopic (exact) mass is 217 g/mol. The van der Waals surface area contributed by atoms with E-state index in [4.69, 9.17) is 10.5 Å². The molecule has 0 rings (SSSR count). The maximum atomic E-state index is 11.4. The largest absolute Gasteiger partial charge is 0.383 e. The lowest BCUT2D eigenvalue weighted by atomic mass is 10.4. The van der Waals surface area contributed by atoms with Gasteiger partial charge in [-0.2, -0.15) is 0 Å². The summed E-state index contributed by atoms with van der Waals surface area (Å²) in [5.74, 6) is -0.379. The van der Waals surface area contributed by atoms with Crippen LogP contribution in [0.1, 0.15) is 0 Å². The fraction of sp³-hybridized carbons (Fsp3) is 0.778. The Morgan fingerprint density at radius 1 is 1.27 bits per heavy atom. The summed E-state index contributed by atoms with van der Waals surface area (Å²) in [7, 11) is 4.83. The van der Waals surface area contributed by atoms with Crippen molar-refractivity contribution in [3.05, 3.63) is 0 Å². The molecule has 0 aliphatic carbocycles. The summed E-state index contributed by atoms with van der Waals surface area (Å²) in [4.78, 5) is 25.6. The summed E-state index contributed by atoms with van der Waals surface area (Å²) in [6.45, 7) is 0.732. The fourth-order valence-corrected chi connectivity index (χ4v) is 0.927. The van der Waals surface area contributed by atoms with E-state index in [1.54, 1.807) is 21.2 Å². The number of rotatable bonds is 6. The van der Waals surface area contributed by atoms with E-state index < -0.39 is 0 Å². The zero-order valence-electron chi connectivity index (χ0n) is 9.52. The van der Waals surface area contributed by atoms with Crippen molar-refractivity contribution < 1.29 is 14.3 Å². The molecule has 15 heavy (non-hydrogen) atoms. The van der Waals surface area contributed by atoms with E-state index in [0.29, 0.717) is 13.2 Å². The van der Waals surface area contributed by atoms with Crippen molar-refractivity contribution in [1.82, 2.24) is 9.80 Å². The van der Waals surface area contributed by atoms with E-state index >= 15 is 0 Å². The summed E-state index contributed by atoms with van der Waals surface area (Å²) < 4.78 is 4.85. The Labute approximate surface area is 90.0 Å². The SMILES string of the molecule is COCCN(CC(=O)N(C)C)C(=O)CN. The molecule has 6 heteroatoms. The Bertz CT molecular complexity index is 219. The van der Waals surface area contributed by atoms with Gasteiger partial charge >= 0.3 is 0 Å². The van der Waals surface area contributed by atoms with Crippen LogP contribution < -0.4 is 5.73 Å². The van der Waals surface area contributed by atoms with Crippen LogP contribution in [0.4, 0.5) is 0 Å². The minimum Gasteiger partial charge on any atom is -0.383 e. The van der Waals surface area contributed by atoms with Gasteiger partial charge in [0.25, 0.3) is 0 Å². The molecule has 0 aromatic rings. The van der Waals surface area contributed by atoms with Gasteiger partial charge in [-0.3, -0.25) is 9.59 Å². The van der Waals surface area contributed by atoms with Crippen molar-refractivity contribution in [2.45, 2.75) is 0 Å². The molecule has 0 atom stereocenters. The Morgan fingerprint density at radius 3 is 2.27 bits per heavy atom. The Hall–Kier alpha value is -1.14. The van der Waals surface area contributed by atoms with Gasteiger partial charge in [-0.15, -0.1) is 0 Å². The van der Waals surface area contributed by atoms with Gasteiger partial charge in [0.1, 0.15) is 0 Å². The molecule has 0 aliphatic heterocycles. The molecule has 2 amide bonds. The van der Waals surface area contributed by atoms with Gasteiger partial charge in [-0.1, -0.05) is 0 Å². The molecule has 0 aliphatic rings. The van der Waals surface area contributed by atoms with Crippen LogP contribution in [-0.2, 0) is 14.3 Å². The van der Waals surface area contributed by atoms with Gasteiger partial charge in [0.15, 0.2) is 0 Å². The summed E-state index contributed by atoms with van der Waals surface area (Å²) >= 11 is 0. The molecule has 0 aromatic heterocycles. The van der Waals surface area contributed by atoms with Crippen molar-refractivity contribution in [3.8, 4) is 0 Å². The third-order valence-electron chi connectivity index (χ3n) is 1.92. The van der Waals surface area contributed by atoms with E-state index in [9.17, 15) is 9.59 Å². The zero-order valence-corrected chi connectivity index (χ0v) is 9.52. The normalized spacial score (nSPS) is 9.87. The molecule has 0 unspecified atom stereocenters. The molecule has 0 spiro atoms. The molecule has 0 heterocycles. The van der Waals surface area contributed by atoms with Crippen LogP contribution in [-0.4, -0.2) is 69.1 Å². The van der Waals surface area contributed by atoms with Crippen LogP contribution in [0.15, 0.2) is 0 Å². The number of hydrogen-bond acceptors (Lipinski definition) is 4. The van der Waals surface area contributed by atoms with E-state index in [1.165, 1.54) is 9.80 Å². The molecule has 0 aromatic carbocycles. The second kappa shape index (κ2) is 7.19. The molecule has 0 fully saturated rings. The van der Waals surface area contributed by atoms with Crippen molar-refractivity contribution in [1.29, 1.82) is 0 Å². The molecule has 88 valence electrons. The van der Waals surface area contributed by atoms with Crippen LogP contribution >= 0.6 is 0 Å². The molecule has 0 saturated heterocycles. The van der Waals surface area contributed by atoms with Crippen molar-refractivity contribution in [2.75, 3.05) is 47.4 Å². The van der Waals surface area contributed by atoms with Gasteiger partial charge in [0.2, 0.25) is 11.8 Å². The first-order valence-corrected chi connectivity index (χ1v) is 4.69. The van der Waals surface area contributed by atoms with E-state index in [0.717, 1.165) is 0 Å². The highest BCUT2D eigenvalue weighted by molar-refractivity contribution is 5.85. The molecule has 6 nitrogen and oxygen atoms in total.